The summed E-state index contributed by atoms with van der Waals surface area (Å²) < 4.78 is 5.52. The van der Waals surface area contributed by atoms with Crippen molar-refractivity contribution in [2.24, 2.45) is 0 Å². The monoisotopic (exact) mass is 354 g/mol. The van der Waals surface area contributed by atoms with E-state index in [1.165, 1.54) is 23.0 Å². The Morgan fingerprint density at radius 1 is 1.13 bits per heavy atom. The van der Waals surface area contributed by atoms with Gasteiger partial charge in [-0.1, -0.05) is 0 Å². The van der Waals surface area contributed by atoms with Gasteiger partial charge in [-0.05, 0) is 26.3 Å². The van der Waals surface area contributed by atoms with Crippen LogP contribution in [0, 0.1) is 13.8 Å². The zero-order chi connectivity index (χ0) is 16.2. The van der Waals surface area contributed by atoms with Crippen LogP contribution < -0.4 is 0 Å². The van der Waals surface area contributed by atoms with Crippen LogP contribution >= 0.6 is 23.5 Å². The molecule has 2 aliphatic heterocycles. The second-order valence-electron chi connectivity index (χ2n) is 6.31. The number of thioether (sulfide) groups is 2. The first kappa shape index (κ1) is 17.2. The number of carbonyl (C=O) groups excluding carboxylic acids is 1. The molecule has 0 saturated carbocycles. The number of carbonyl (C=O) groups is 1. The van der Waals surface area contributed by atoms with Crippen molar-refractivity contribution in [3.8, 4) is 0 Å². The minimum Gasteiger partial charge on any atom is -0.466 e. The molecule has 2 saturated heterocycles. The molecule has 2 fully saturated rings. The Hall–Kier alpha value is -0.590. The van der Waals surface area contributed by atoms with E-state index in [1.807, 2.05) is 24.8 Å². The molecule has 1 aromatic heterocycles. The molecule has 3 rings (SSSR count). The van der Waals surface area contributed by atoms with E-state index in [1.54, 1.807) is 0 Å². The molecule has 0 N–H and O–H groups in total. The van der Waals surface area contributed by atoms with E-state index in [0.717, 1.165) is 49.7 Å². The average molecular weight is 355 g/mol. The number of nitrogens with zero attached hydrogens (tertiary/aromatic N) is 2. The largest absolute Gasteiger partial charge is 0.466 e. The van der Waals surface area contributed by atoms with E-state index in [4.69, 9.17) is 4.42 Å². The van der Waals surface area contributed by atoms with Crippen molar-refractivity contribution in [3.05, 3.63) is 23.2 Å². The molecular formula is C17H26N2O2S2. The smallest absolute Gasteiger partial charge is 0.257 e. The maximum absolute atomic E-state index is 12.8. The van der Waals surface area contributed by atoms with Crippen LogP contribution in [0.4, 0.5) is 0 Å². The minimum atomic E-state index is 0.130. The maximum Gasteiger partial charge on any atom is 0.257 e. The molecule has 0 aromatic carbocycles. The molecule has 6 heteroatoms. The third-order valence-corrected chi connectivity index (χ3v) is 7.08. The Labute approximate surface area is 147 Å². The van der Waals surface area contributed by atoms with Crippen LogP contribution in [0.3, 0.4) is 0 Å². The summed E-state index contributed by atoms with van der Waals surface area (Å²) in [7, 11) is 0. The van der Waals surface area contributed by atoms with Crippen molar-refractivity contribution in [3.63, 3.8) is 0 Å². The normalized spacial score (nSPS) is 21.9. The zero-order valence-corrected chi connectivity index (χ0v) is 15.7. The number of aryl methyl sites for hydroxylation is 2. The lowest BCUT2D eigenvalue weighted by atomic mass is 10.2. The van der Waals surface area contributed by atoms with Gasteiger partial charge in [-0.2, -0.15) is 23.5 Å². The highest BCUT2D eigenvalue weighted by atomic mass is 32.2. The molecule has 0 unspecified atom stereocenters. The summed E-state index contributed by atoms with van der Waals surface area (Å²) in [6.07, 6.45) is 1.06. The fourth-order valence-electron chi connectivity index (χ4n) is 3.33. The first-order valence-electron chi connectivity index (χ1n) is 8.41. The van der Waals surface area contributed by atoms with E-state index in [2.05, 4.69) is 28.4 Å². The summed E-state index contributed by atoms with van der Waals surface area (Å²) in [6.45, 7) is 7.56. The highest BCUT2D eigenvalue weighted by molar-refractivity contribution is 8.03. The molecule has 0 bridgehead atoms. The Morgan fingerprint density at radius 3 is 2.52 bits per heavy atom. The van der Waals surface area contributed by atoms with E-state index < -0.39 is 0 Å². The molecule has 23 heavy (non-hydrogen) atoms. The first-order valence-corrected chi connectivity index (χ1v) is 10.7. The third-order valence-electron chi connectivity index (χ3n) is 4.60. The van der Waals surface area contributed by atoms with Gasteiger partial charge in [0.05, 0.1) is 5.56 Å². The Balaban J connectivity index is 1.61. The van der Waals surface area contributed by atoms with Crippen molar-refractivity contribution in [2.45, 2.75) is 26.3 Å². The molecule has 1 amide bonds. The summed E-state index contributed by atoms with van der Waals surface area (Å²) >= 11 is 4.16. The Bertz CT molecular complexity index is 539. The van der Waals surface area contributed by atoms with Gasteiger partial charge in [-0.3, -0.25) is 9.69 Å². The molecule has 128 valence electrons. The fraction of sp³-hybridized carbons (Fsp3) is 0.706. The molecule has 0 atom stereocenters. The number of rotatable bonds is 2. The van der Waals surface area contributed by atoms with Crippen LogP contribution in [0.5, 0.6) is 0 Å². The van der Waals surface area contributed by atoms with Crippen LogP contribution in [-0.2, 0) is 0 Å². The van der Waals surface area contributed by atoms with Crippen LogP contribution in [-0.4, -0.2) is 70.9 Å². The van der Waals surface area contributed by atoms with Crippen LogP contribution in [0.1, 0.15) is 28.3 Å². The highest BCUT2D eigenvalue weighted by Crippen LogP contribution is 2.22. The van der Waals surface area contributed by atoms with Gasteiger partial charge < -0.3 is 9.32 Å². The van der Waals surface area contributed by atoms with Crippen molar-refractivity contribution >= 4 is 29.4 Å². The fourth-order valence-corrected chi connectivity index (χ4v) is 5.96. The third kappa shape index (κ3) is 4.28. The van der Waals surface area contributed by atoms with Crippen LogP contribution in [0.25, 0.3) is 0 Å². The SMILES string of the molecule is Cc1cc(C(=O)N2CCCN(C3CSCCSC3)CC2)c(C)o1. The predicted molar refractivity (Wildman–Crippen MR) is 98.7 cm³/mol. The summed E-state index contributed by atoms with van der Waals surface area (Å²) in [6, 6.07) is 2.54. The van der Waals surface area contributed by atoms with E-state index in [9.17, 15) is 4.79 Å². The van der Waals surface area contributed by atoms with Gasteiger partial charge in [0.1, 0.15) is 11.5 Å². The van der Waals surface area contributed by atoms with Gasteiger partial charge in [-0.15, -0.1) is 0 Å². The van der Waals surface area contributed by atoms with Crippen LogP contribution in [0.15, 0.2) is 10.5 Å². The van der Waals surface area contributed by atoms with Crippen LogP contribution in [0.2, 0.25) is 0 Å². The van der Waals surface area contributed by atoms with Gasteiger partial charge >= 0.3 is 0 Å². The Kier molecular flexibility index (Phi) is 5.99. The molecular weight excluding hydrogens is 328 g/mol. The van der Waals surface area contributed by atoms with E-state index >= 15 is 0 Å². The first-order chi connectivity index (χ1) is 11.1. The second kappa shape index (κ2) is 7.99. The van der Waals surface area contributed by atoms with Crippen molar-refractivity contribution in [2.75, 3.05) is 49.2 Å². The van der Waals surface area contributed by atoms with Crippen molar-refractivity contribution in [1.29, 1.82) is 0 Å². The van der Waals surface area contributed by atoms with Gasteiger partial charge in [-0.25, -0.2) is 0 Å². The Morgan fingerprint density at radius 2 is 1.87 bits per heavy atom. The van der Waals surface area contributed by atoms with Gasteiger partial charge in [0.25, 0.3) is 5.91 Å². The summed E-state index contributed by atoms with van der Waals surface area (Å²) in [4.78, 5) is 17.4. The molecule has 4 nitrogen and oxygen atoms in total. The number of furan rings is 1. The highest BCUT2D eigenvalue weighted by Gasteiger charge is 2.26. The van der Waals surface area contributed by atoms with E-state index in [0.29, 0.717) is 6.04 Å². The number of hydrogen-bond donors (Lipinski definition) is 0. The lowest BCUT2D eigenvalue weighted by Crippen LogP contribution is -2.42. The lowest BCUT2D eigenvalue weighted by molar-refractivity contribution is 0.0758. The minimum absolute atomic E-state index is 0.130. The zero-order valence-electron chi connectivity index (χ0n) is 14.0. The lowest BCUT2D eigenvalue weighted by Gasteiger charge is -2.29. The predicted octanol–water partition coefficient (Wildman–Crippen LogP) is 2.89. The quantitative estimate of drug-likeness (QED) is 0.816. The van der Waals surface area contributed by atoms with Gasteiger partial charge in [0, 0.05) is 55.2 Å². The molecule has 0 spiro atoms. The molecule has 0 radical (unpaired) electrons. The molecule has 3 heterocycles. The van der Waals surface area contributed by atoms with E-state index in [-0.39, 0.29) is 5.91 Å². The second-order valence-corrected chi connectivity index (χ2v) is 8.61. The van der Waals surface area contributed by atoms with Crippen molar-refractivity contribution in [1.82, 2.24) is 9.80 Å². The molecule has 0 aliphatic carbocycles. The maximum atomic E-state index is 12.8. The van der Waals surface area contributed by atoms with Crippen molar-refractivity contribution < 1.29 is 9.21 Å². The number of amides is 1. The number of hydrogen-bond acceptors (Lipinski definition) is 5. The summed E-state index contributed by atoms with van der Waals surface area (Å²) in [5.74, 6) is 6.71. The standard InChI is InChI=1S/C17H26N2O2S2/c1-13-10-16(14(2)21-13)17(20)19-5-3-4-18(6-7-19)15-11-22-8-9-23-12-15/h10,15H,3-9,11-12H2,1-2H3. The summed E-state index contributed by atoms with van der Waals surface area (Å²) in [5.41, 5.74) is 0.733. The van der Waals surface area contributed by atoms with Gasteiger partial charge in [0.15, 0.2) is 0 Å². The summed E-state index contributed by atoms with van der Waals surface area (Å²) in [5, 5.41) is 0. The molecule has 2 aliphatic rings. The van der Waals surface area contributed by atoms with Gasteiger partial charge in [0.2, 0.25) is 0 Å². The average Bonchev–Trinajstić information content (AvgIpc) is 2.79. The topological polar surface area (TPSA) is 36.7 Å². The molecule has 1 aromatic rings.